The van der Waals surface area contributed by atoms with E-state index in [0.717, 1.165) is 19.6 Å². The van der Waals surface area contributed by atoms with E-state index < -0.39 is 0 Å². The molecule has 2 aliphatic rings. The number of carbonyl (C=O) groups excluding carboxylic acids is 1. The van der Waals surface area contributed by atoms with E-state index in [-0.39, 0.29) is 17.6 Å². The Labute approximate surface area is 96.5 Å². The van der Waals surface area contributed by atoms with Crippen molar-refractivity contribution < 1.29 is 9.53 Å². The van der Waals surface area contributed by atoms with Crippen LogP contribution in [0.15, 0.2) is 0 Å². The summed E-state index contributed by atoms with van der Waals surface area (Å²) in [6, 6.07) is -0.0670. The molecular formula is C11H21N3O2. The number of ether oxygens (including phenoxy) is 1. The van der Waals surface area contributed by atoms with E-state index in [1.165, 1.54) is 0 Å². The lowest BCUT2D eigenvalue weighted by atomic mass is 10.1. The Hall–Kier alpha value is -0.650. The molecule has 2 fully saturated rings. The van der Waals surface area contributed by atoms with Crippen LogP contribution in [0.2, 0.25) is 0 Å². The molecule has 2 rings (SSSR count). The highest BCUT2D eigenvalue weighted by Gasteiger charge is 2.33. The highest BCUT2D eigenvalue weighted by molar-refractivity contribution is 5.82. The van der Waals surface area contributed by atoms with Crippen molar-refractivity contribution in [2.75, 3.05) is 39.3 Å². The second kappa shape index (κ2) is 4.69. The monoisotopic (exact) mass is 227 g/mol. The summed E-state index contributed by atoms with van der Waals surface area (Å²) in [5.74, 6) is 0.198. The van der Waals surface area contributed by atoms with Gasteiger partial charge in [0.05, 0.1) is 18.2 Å². The zero-order valence-electron chi connectivity index (χ0n) is 10.1. The average Bonchev–Trinajstić information content (AvgIpc) is 2.28. The highest BCUT2D eigenvalue weighted by Crippen LogP contribution is 2.17. The summed E-state index contributed by atoms with van der Waals surface area (Å²) >= 11 is 0. The molecule has 2 aliphatic heterocycles. The Morgan fingerprint density at radius 3 is 2.88 bits per heavy atom. The van der Waals surface area contributed by atoms with Crippen molar-refractivity contribution in [3.8, 4) is 0 Å². The molecule has 0 saturated carbocycles. The topological polar surface area (TPSA) is 53.6 Å². The van der Waals surface area contributed by atoms with Crippen LogP contribution in [-0.4, -0.2) is 61.8 Å². The van der Waals surface area contributed by atoms with Crippen LogP contribution >= 0.6 is 0 Å². The van der Waals surface area contributed by atoms with Crippen molar-refractivity contribution in [2.45, 2.75) is 25.5 Å². The Kier molecular flexibility index (Phi) is 3.47. The molecule has 0 spiro atoms. The van der Waals surface area contributed by atoms with Crippen LogP contribution in [0, 0.1) is 0 Å². The zero-order chi connectivity index (χ0) is 11.6. The van der Waals surface area contributed by atoms with E-state index in [0.29, 0.717) is 19.7 Å². The van der Waals surface area contributed by atoms with Crippen LogP contribution in [0.5, 0.6) is 0 Å². The minimum Gasteiger partial charge on any atom is -0.372 e. The Balaban J connectivity index is 1.93. The second-order valence-electron chi connectivity index (χ2n) is 5.08. The normalized spacial score (nSPS) is 30.1. The predicted molar refractivity (Wildman–Crippen MR) is 61.3 cm³/mol. The molecule has 5 heteroatoms. The number of nitrogens with one attached hydrogen (secondary N) is 2. The molecule has 92 valence electrons. The van der Waals surface area contributed by atoms with Gasteiger partial charge in [-0.25, -0.2) is 0 Å². The third-order valence-corrected chi connectivity index (χ3v) is 3.08. The lowest BCUT2D eigenvalue weighted by molar-refractivity contribution is -0.148. The Morgan fingerprint density at radius 2 is 2.25 bits per heavy atom. The number of carbonyl (C=O) groups is 1. The van der Waals surface area contributed by atoms with Gasteiger partial charge in [-0.15, -0.1) is 0 Å². The van der Waals surface area contributed by atoms with Gasteiger partial charge < -0.3 is 20.3 Å². The van der Waals surface area contributed by atoms with E-state index in [9.17, 15) is 4.79 Å². The van der Waals surface area contributed by atoms with Crippen LogP contribution < -0.4 is 10.6 Å². The summed E-state index contributed by atoms with van der Waals surface area (Å²) in [6.07, 6.45) is 0. The van der Waals surface area contributed by atoms with E-state index in [2.05, 4.69) is 10.6 Å². The summed E-state index contributed by atoms with van der Waals surface area (Å²) in [7, 11) is 0. The first-order valence-corrected chi connectivity index (χ1v) is 5.95. The smallest absolute Gasteiger partial charge is 0.241 e. The van der Waals surface area contributed by atoms with Gasteiger partial charge in [0, 0.05) is 32.7 Å². The predicted octanol–water partition coefficient (Wildman–Crippen LogP) is -0.815. The number of hydrogen-bond donors (Lipinski definition) is 2. The van der Waals surface area contributed by atoms with Gasteiger partial charge in [-0.05, 0) is 13.8 Å². The van der Waals surface area contributed by atoms with E-state index in [1.54, 1.807) is 0 Å². The Morgan fingerprint density at radius 1 is 1.44 bits per heavy atom. The minimum absolute atomic E-state index is 0.0670. The van der Waals surface area contributed by atoms with Crippen LogP contribution in [0.1, 0.15) is 13.8 Å². The molecule has 0 aliphatic carbocycles. The number of morpholine rings is 1. The zero-order valence-corrected chi connectivity index (χ0v) is 10.1. The summed E-state index contributed by atoms with van der Waals surface area (Å²) < 4.78 is 5.60. The average molecular weight is 227 g/mol. The van der Waals surface area contributed by atoms with E-state index >= 15 is 0 Å². The molecule has 0 radical (unpaired) electrons. The Bertz CT molecular complexity index is 262. The van der Waals surface area contributed by atoms with Crippen LogP contribution in [0.4, 0.5) is 0 Å². The fourth-order valence-electron chi connectivity index (χ4n) is 2.25. The molecule has 1 amide bonds. The number of rotatable bonds is 1. The minimum atomic E-state index is -0.212. The quantitative estimate of drug-likeness (QED) is 0.615. The molecule has 2 N–H and O–H groups in total. The maximum atomic E-state index is 12.2. The number of amides is 1. The standard InChI is InChI=1S/C11H21N3O2/c1-11(2)8-14(5-6-16-11)10(15)9-7-12-3-4-13-9/h9,12-13H,3-8H2,1-2H3. The van der Waals surface area contributed by atoms with Crippen molar-refractivity contribution in [3.05, 3.63) is 0 Å². The van der Waals surface area contributed by atoms with E-state index in [1.807, 2.05) is 18.7 Å². The summed E-state index contributed by atoms with van der Waals surface area (Å²) in [6.45, 7) is 8.63. The number of hydrogen-bond acceptors (Lipinski definition) is 4. The van der Waals surface area contributed by atoms with Gasteiger partial charge in [-0.3, -0.25) is 4.79 Å². The molecule has 0 bridgehead atoms. The largest absolute Gasteiger partial charge is 0.372 e. The first kappa shape index (κ1) is 11.8. The molecule has 5 nitrogen and oxygen atoms in total. The molecule has 0 aromatic carbocycles. The van der Waals surface area contributed by atoms with Crippen molar-refractivity contribution in [3.63, 3.8) is 0 Å². The SMILES string of the molecule is CC1(C)CN(C(=O)C2CNCCN2)CCO1. The molecule has 1 unspecified atom stereocenters. The third-order valence-electron chi connectivity index (χ3n) is 3.08. The van der Waals surface area contributed by atoms with Crippen LogP contribution in [0.25, 0.3) is 0 Å². The maximum absolute atomic E-state index is 12.2. The highest BCUT2D eigenvalue weighted by atomic mass is 16.5. The van der Waals surface area contributed by atoms with Crippen molar-refractivity contribution in [1.29, 1.82) is 0 Å². The van der Waals surface area contributed by atoms with Gasteiger partial charge >= 0.3 is 0 Å². The lowest BCUT2D eigenvalue weighted by Crippen LogP contribution is -2.60. The molecule has 1 atom stereocenters. The van der Waals surface area contributed by atoms with Gasteiger partial charge in [0.25, 0.3) is 0 Å². The molecule has 2 saturated heterocycles. The number of nitrogens with zero attached hydrogens (tertiary/aromatic N) is 1. The van der Waals surface area contributed by atoms with Gasteiger partial charge in [-0.1, -0.05) is 0 Å². The van der Waals surface area contributed by atoms with E-state index in [4.69, 9.17) is 4.74 Å². The third kappa shape index (κ3) is 2.72. The van der Waals surface area contributed by atoms with Gasteiger partial charge in [0.1, 0.15) is 0 Å². The second-order valence-corrected chi connectivity index (χ2v) is 5.08. The lowest BCUT2D eigenvalue weighted by Gasteiger charge is -2.40. The maximum Gasteiger partial charge on any atom is 0.241 e. The molecule has 0 aromatic rings. The summed E-state index contributed by atoms with van der Waals surface area (Å²) in [5.41, 5.74) is -0.212. The van der Waals surface area contributed by atoms with Crippen LogP contribution in [0.3, 0.4) is 0 Å². The molecule has 2 heterocycles. The van der Waals surface area contributed by atoms with Gasteiger partial charge in [-0.2, -0.15) is 0 Å². The van der Waals surface area contributed by atoms with Crippen molar-refractivity contribution in [1.82, 2.24) is 15.5 Å². The summed E-state index contributed by atoms with van der Waals surface area (Å²) in [5, 5.41) is 6.48. The first-order chi connectivity index (χ1) is 7.58. The number of piperazine rings is 1. The van der Waals surface area contributed by atoms with Crippen molar-refractivity contribution in [2.24, 2.45) is 0 Å². The first-order valence-electron chi connectivity index (χ1n) is 5.95. The van der Waals surface area contributed by atoms with Gasteiger partial charge in [0.15, 0.2) is 0 Å². The van der Waals surface area contributed by atoms with Crippen LogP contribution in [-0.2, 0) is 9.53 Å². The molecule has 0 aromatic heterocycles. The van der Waals surface area contributed by atoms with Crippen molar-refractivity contribution >= 4 is 5.91 Å². The fourth-order valence-corrected chi connectivity index (χ4v) is 2.25. The molecular weight excluding hydrogens is 206 g/mol. The molecule has 16 heavy (non-hydrogen) atoms. The summed E-state index contributed by atoms with van der Waals surface area (Å²) in [4.78, 5) is 14.1. The fraction of sp³-hybridized carbons (Fsp3) is 0.909. The van der Waals surface area contributed by atoms with Gasteiger partial charge in [0.2, 0.25) is 5.91 Å².